The molecule has 0 heterocycles. The highest BCUT2D eigenvalue weighted by atomic mass is 32.2. The number of hydrogen-bond donors (Lipinski definition) is 2. The fraction of sp³-hybridized carbons (Fsp3) is 0.133. The van der Waals surface area contributed by atoms with Crippen molar-refractivity contribution < 1.29 is 8.42 Å². The molecule has 7 heteroatoms. The Balaban J connectivity index is 2.02. The molecule has 0 atom stereocenters. The molecular formula is C15H16N2O2S3. The third-order valence-corrected chi connectivity index (χ3v) is 4.93. The maximum absolute atomic E-state index is 11.4. The standard InChI is InChI=1S/C15H16N2O2S3/c1-21-13-5-3-4-12(10-13)17-15(20)16-11-6-8-14(9-7-11)22(2,18)19/h3-10H,1-2H3,(H2,16,17,20). The monoisotopic (exact) mass is 352 g/mol. The molecular weight excluding hydrogens is 336 g/mol. The molecule has 22 heavy (non-hydrogen) atoms. The van der Waals surface area contributed by atoms with Gasteiger partial charge in [-0.3, -0.25) is 0 Å². The highest BCUT2D eigenvalue weighted by Crippen LogP contribution is 2.19. The van der Waals surface area contributed by atoms with Gasteiger partial charge < -0.3 is 10.6 Å². The van der Waals surface area contributed by atoms with Crippen LogP contribution < -0.4 is 10.6 Å². The zero-order valence-electron chi connectivity index (χ0n) is 12.2. The van der Waals surface area contributed by atoms with Crippen molar-refractivity contribution in [2.24, 2.45) is 0 Å². The molecule has 0 bridgehead atoms. The summed E-state index contributed by atoms with van der Waals surface area (Å²) < 4.78 is 22.8. The van der Waals surface area contributed by atoms with Crippen LogP contribution in [0.1, 0.15) is 0 Å². The van der Waals surface area contributed by atoms with Gasteiger partial charge in [-0.1, -0.05) is 6.07 Å². The van der Waals surface area contributed by atoms with E-state index in [0.717, 1.165) is 16.3 Å². The van der Waals surface area contributed by atoms with E-state index in [4.69, 9.17) is 12.2 Å². The van der Waals surface area contributed by atoms with E-state index >= 15 is 0 Å². The summed E-state index contributed by atoms with van der Waals surface area (Å²) in [6, 6.07) is 14.4. The minimum absolute atomic E-state index is 0.282. The average molecular weight is 353 g/mol. The number of nitrogens with one attached hydrogen (secondary N) is 2. The molecule has 0 spiro atoms. The zero-order valence-corrected chi connectivity index (χ0v) is 14.6. The van der Waals surface area contributed by atoms with Crippen LogP contribution in [-0.4, -0.2) is 26.0 Å². The third kappa shape index (κ3) is 4.72. The lowest BCUT2D eigenvalue weighted by molar-refractivity contribution is 0.602. The second-order valence-corrected chi connectivity index (χ2v) is 7.91. The summed E-state index contributed by atoms with van der Waals surface area (Å²) in [7, 11) is -3.18. The Kier molecular flexibility index (Phi) is 5.44. The van der Waals surface area contributed by atoms with E-state index in [1.165, 1.54) is 6.26 Å². The predicted octanol–water partition coefficient (Wildman–Crippen LogP) is 3.62. The smallest absolute Gasteiger partial charge is 0.175 e. The number of thiocarbonyl (C=S) groups is 1. The molecule has 2 aromatic carbocycles. The Morgan fingerprint density at radius 1 is 1.05 bits per heavy atom. The maximum Gasteiger partial charge on any atom is 0.175 e. The van der Waals surface area contributed by atoms with Crippen LogP contribution in [0.5, 0.6) is 0 Å². The second-order valence-electron chi connectivity index (χ2n) is 4.61. The Hall–Kier alpha value is -1.57. The Labute approximate surface area is 140 Å². The molecule has 0 saturated heterocycles. The number of hydrogen-bond acceptors (Lipinski definition) is 4. The first-order valence-corrected chi connectivity index (χ1v) is 9.93. The molecule has 0 amide bonds. The molecule has 0 aromatic heterocycles. The lowest BCUT2D eigenvalue weighted by Gasteiger charge is -2.11. The third-order valence-electron chi connectivity index (χ3n) is 2.87. The molecule has 0 unspecified atom stereocenters. The molecule has 0 aliphatic carbocycles. The van der Waals surface area contributed by atoms with Crippen molar-refractivity contribution in [3.05, 3.63) is 48.5 Å². The molecule has 0 aliphatic heterocycles. The maximum atomic E-state index is 11.4. The van der Waals surface area contributed by atoms with Gasteiger partial charge in [0.25, 0.3) is 0 Å². The molecule has 4 nitrogen and oxygen atoms in total. The van der Waals surface area contributed by atoms with Crippen molar-refractivity contribution in [2.75, 3.05) is 23.1 Å². The molecule has 0 radical (unpaired) electrons. The topological polar surface area (TPSA) is 58.2 Å². The van der Waals surface area contributed by atoms with Crippen molar-refractivity contribution in [1.82, 2.24) is 0 Å². The van der Waals surface area contributed by atoms with Crippen molar-refractivity contribution in [1.29, 1.82) is 0 Å². The molecule has 0 saturated carbocycles. The molecule has 2 N–H and O–H groups in total. The summed E-state index contributed by atoms with van der Waals surface area (Å²) in [5, 5.41) is 6.57. The summed E-state index contributed by atoms with van der Waals surface area (Å²) in [6.07, 6.45) is 3.19. The summed E-state index contributed by atoms with van der Waals surface area (Å²) in [5.74, 6) is 0. The molecule has 2 rings (SSSR count). The summed E-state index contributed by atoms with van der Waals surface area (Å²) >= 11 is 6.91. The van der Waals surface area contributed by atoms with Crippen LogP contribution in [0.3, 0.4) is 0 Å². The van der Waals surface area contributed by atoms with Crippen molar-refractivity contribution >= 4 is 50.3 Å². The van der Waals surface area contributed by atoms with Gasteiger partial charge in [0, 0.05) is 22.5 Å². The highest BCUT2D eigenvalue weighted by Gasteiger charge is 2.06. The van der Waals surface area contributed by atoms with Crippen molar-refractivity contribution in [3.8, 4) is 0 Å². The minimum Gasteiger partial charge on any atom is -0.332 e. The van der Waals surface area contributed by atoms with E-state index < -0.39 is 9.84 Å². The lowest BCUT2D eigenvalue weighted by Crippen LogP contribution is -2.19. The van der Waals surface area contributed by atoms with E-state index in [9.17, 15) is 8.42 Å². The number of sulfone groups is 1. The van der Waals surface area contributed by atoms with Gasteiger partial charge in [0.15, 0.2) is 14.9 Å². The van der Waals surface area contributed by atoms with Gasteiger partial charge in [0.05, 0.1) is 4.90 Å². The number of anilines is 2. The fourth-order valence-corrected chi connectivity index (χ4v) is 3.11. The van der Waals surface area contributed by atoms with E-state index in [1.807, 2.05) is 30.5 Å². The van der Waals surface area contributed by atoms with Crippen LogP contribution in [0.25, 0.3) is 0 Å². The SMILES string of the molecule is CSc1cccc(NC(=S)Nc2ccc(S(C)(=O)=O)cc2)c1. The number of benzene rings is 2. The summed E-state index contributed by atoms with van der Waals surface area (Å²) in [4.78, 5) is 1.43. The van der Waals surface area contributed by atoms with Crippen LogP contribution in [0.2, 0.25) is 0 Å². The minimum atomic E-state index is -3.18. The van der Waals surface area contributed by atoms with Crippen LogP contribution in [0, 0.1) is 0 Å². The van der Waals surface area contributed by atoms with Gasteiger partial charge in [-0.25, -0.2) is 8.42 Å². The predicted molar refractivity (Wildman–Crippen MR) is 97.6 cm³/mol. The van der Waals surface area contributed by atoms with Crippen LogP contribution in [0.4, 0.5) is 11.4 Å². The van der Waals surface area contributed by atoms with Gasteiger partial charge >= 0.3 is 0 Å². The van der Waals surface area contributed by atoms with Gasteiger partial charge in [0.1, 0.15) is 0 Å². The molecule has 0 aliphatic rings. The van der Waals surface area contributed by atoms with Crippen LogP contribution >= 0.6 is 24.0 Å². The first-order chi connectivity index (χ1) is 10.4. The van der Waals surface area contributed by atoms with Gasteiger partial charge in [-0.05, 0) is 60.9 Å². The summed E-state index contributed by atoms with van der Waals surface area (Å²) in [5.41, 5.74) is 1.63. The lowest BCUT2D eigenvalue weighted by atomic mass is 10.3. The molecule has 2 aromatic rings. The van der Waals surface area contributed by atoms with Gasteiger partial charge in [-0.15, -0.1) is 11.8 Å². The van der Waals surface area contributed by atoms with Gasteiger partial charge in [0.2, 0.25) is 0 Å². The Bertz CT molecular complexity index is 772. The van der Waals surface area contributed by atoms with Crippen LogP contribution in [-0.2, 0) is 9.84 Å². The Morgan fingerprint density at radius 2 is 1.68 bits per heavy atom. The second kappa shape index (κ2) is 7.13. The zero-order chi connectivity index (χ0) is 16.2. The molecule has 116 valence electrons. The first kappa shape index (κ1) is 16.8. The van der Waals surface area contributed by atoms with E-state index in [2.05, 4.69) is 10.6 Å². The molecule has 0 fully saturated rings. The summed E-state index contributed by atoms with van der Waals surface area (Å²) in [6.45, 7) is 0. The van der Waals surface area contributed by atoms with Crippen molar-refractivity contribution in [3.63, 3.8) is 0 Å². The highest BCUT2D eigenvalue weighted by molar-refractivity contribution is 7.98. The number of rotatable bonds is 4. The number of thioether (sulfide) groups is 1. The van der Waals surface area contributed by atoms with Gasteiger partial charge in [-0.2, -0.15) is 0 Å². The Morgan fingerprint density at radius 3 is 2.27 bits per heavy atom. The quantitative estimate of drug-likeness (QED) is 0.647. The van der Waals surface area contributed by atoms with Crippen molar-refractivity contribution in [2.45, 2.75) is 9.79 Å². The normalized spacial score (nSPS) is 11.0. The first-order valence-electron chi connectivity index (χ1n) is 6.40. The van der Waals surface area contributed by atoms with E-state index in [0.29, 0.717) is 5.11 Å². The largest absolute Gasteiger partial charge is 0.332 e. The van der Waals surface area contributed by atoms with E-state index in [-0.39, 0.29) is 4.90 Å². The van der Waals surface area contributed by atoms with Crippen LogP contribution in [0.15, 0.2) is 58.3 Å². The fourth-order valence-electron chi connectivity index (χ4n) is 1.78. The average Bonchev–Trinajstić information content (AvgIpc) is 2.47. The van der Waals surface area contributed by atoms with E-state index in [1.54, 1.807) is 36.0 Å².